The molecule has 23 heavy (non-hydrogen) atoms. The summed E-state index contributed by atoms with van der Waals surface area (Å²) in [5.41, 5.74) is 1.82. The monoisotopic (exact) mass is 314 g/mol. The van der Waals surface area contributed by atoms with Gasteiger partial charge in [-0.3, -0.25) is 4.79 Å². The van der Waals surface area contributed by atoms with Crippen LogP contribution in [0.1, 0.15) is 41.0 Å². The summed E-state index contributed by atoms with van der Waals surface area (Å²) in [4.78, 5) is 15.2. The van der Waals surface area contributed by atoms with Crippen LogP contribution in [-0.2, 0) is 0 Å². The highest BCUT2D eigenvalue weighted by Crippen LogP contribution is 2.24. The number of alkyl halides is 2. The van der Waals surface area contributed by atoms with Crippen LogP contribution >= 0.6 is 0 Å². The Bertz CT molecular complexity index is 827. The number of H-pyrrole nitrogens is 1. The fourth-order valence-electron chi connectivity index (χ4n) is 2.50. The molecule has 3 aromatic rings. The Kier molecular flexibility index (Phi) is 4.10. The van der Waals surface area contributed by atoms with E-state index in [1.807, 2.05) is 37.3 Å². The molecule has 0 aliphatic rings. The number of halogens is 2. The first-order chi connectivity index (χ1) is 11.0. The molecule has 1 atom stereocenters. The van der Waals surface area contributed by atoms with Gasteiger partial charge in [-0.1, -0.05) is 42.5 Å². The predicted molar refractivity (Wildman–Crippen MR) is 85.6 cm³/mol. The zero-order chi connectivity index (χ0) is 16.4. The molecule has 0 saturated carbocycles. The number of carbonyl (C=O) groups excluding carboxylic acids is 1. The summed E-state index contributed by atoms with van der Waals surface area (Å²) >= 11 is 0. The van der Waals surface area contributed by atoms with Crippen molar-refractivity contribution in [3.63, 3.8) is 0 Å². The number of benzene rings is 2. The fourth-order valence-corrected chi connectivity index (χ4v) is 2.50. The molecule has 2 N–H and O–H groups in total. The Morgan fingerprint density at radius 2 is 1.78 bits per heavy atom. The summed E-state index contributed by atoms with van der Waals surface area (Å²) in [5.74, 6) is -0.267. The predicted octanol–water partition coefficient (Wildman–Crippen LogP) is 4.60. The van der Waals surface area contributed by atoms with Gasteiger partial charge in [-0.15, -0.1) is 0 Å². The first-order valence-corrected chi connectivity index (χ1v) is 7.31. The average Bonchev–Trinajstić information content (AvgIpc) is 2.98. The third-order valence-electron chi connectivity index (χ3n) is 3.79. The van der Waals surface area contributed by atoms with Crippen molar-refractivity contribution in [2.75, 3.05) is 0 Å². The number of fused-ring (bicyclic) bond motifs is 1. The van der Waals surface area contributed by atoms with Crippen LogP contribution in [0.5, 0.6) is 0 Å². The Morgan fingerprint density at radius 3 is 2.48 bits per heavy atom. The highest BCUT2D eigenvalue weighted by Gasteiger charge is 2.15. The standard InChI is InChI=1S/C18H16F2N2O/c1-11(12-5-3-2-4-6-12)21-18(23)16-9-13-7-8-14(17(19)20)10-15(13)22-16/h2-11,17,22H,1H3,(H,21,23). The molecule has 3 rings (SSSR count). The van der Waals surface area contributed by atoms with E-state index in [1.165, 1.54) is 12.1 Å². The van der Waals surface area contributed by atoms with Crippen molar-refractivity contribution in [1.82, 2.24) is 10.3 Å². The molecule has 3 nitrogen and oxygen atoms in total. The average molecular weight is 314 g/mol. The van der Waals surface area contributed by atoms with E-state index in [2.05, 4.69) is 10.3 Å². The number of nitrogens with one attached hydrogen (secondary N) is 2. The van der Waals surface area contributed by atoms with Gasteiger partial charge in [0, 0.05) is 16.5 Å². The Morgan fingerprint density at radius 1 is 1.04 bits per heavy atom. The molecule has 0 aliphatic carbocycles. The molecule has 0 bridgehead atoms. The second-order valence-electron chi connectivity index (χ2n) is 5.44. The van der Waals surface area contributed by atoms with Crippen molar-refractivity contribution >= 4 is 16.8 Å². The van der Waals surface area contributed by atoms with Crippen molar-refractivity contribution in [3.8, 4) is 0 Å². The topological polar surface area (TPSA) is 44.9 Å². The molecule has 1 aromatic heterocycles. The van der Waals surface area contributed by atoms with Gasteiger partial charge in [0.05, 0.1) is 6.04 Å². The number of hydrogen-bond acceptors (Lipinski definition) is 1. The lowest BCUT2D eigenvalue weighted by atomic mass is 10.1. The van der Waals surface area contributed by atoms with E-state index in [4.69, 9.17) is 0 Å². The van der Waals surface area contributed by atoms with Crippen molar-refractivity contribution in [3.05, 3.63) is 71.4 Å². The van der Waals surface area contributed by atoms with E-state index in [9.17, 15) is 13.6 Å². The van der Waals surface area contributed by atoms with Crippen LogP contribution in [0, 0.1) is 0 Å². The molecule has 0 spiro atoms. The van der Waals surface area contributed by atoms with Gasteiger partial charge in [-0.2, -0.15) is 0 Å². The van der Waals surface area contributed by atoms with Crippen LogP contribution in [0.4, 0.5) is 8.78 Å². The van der Waals surface area contributed by atoms with E-state index >= 15 is 0 Å². The molecular formula is C18H16F2N2O. The van der Waals surface area contributed by atoms with Gasteiger partial charge < -0.3 is 10.3 Å². The Hall–Kier alpha value is -2.69. The van der Waals surface area contributed by atoms with Crippen LogP contribution in [0.2, 0.25) is 0 Å². The van der Waals surface area contributed by atoms with Crippen molar-refractivity contribution in [1.29, 1.82) is 0 Å². The lowest BCUT2D eigenvalue weighted by molar-refractivity contribution is 0.0935. The maximum absolute atomic E-state index is 12.7. The number of amides is 1. The summed E-state index contributed by atoms with van der Waals surface area (Å²) in [6.45, 7) is 1.89. The summed E-state index contributed by atoms with van der Waals surface area (Å²) in [7, 11) is 0. The lowest BCUT2D eigenvalue weighted by Gasteiger charge is -2.13. The first-order valence-electron chi connectivity index (χ1n) is 7.31. The number of hydrogen-bond donors (Lipinski definition) is 2. The lowest BCUT2D eigenvalue weighted by Crippen LogP contribution is -2.26. The van der Waals surface area contributed by atoms with E-state index in [0.717, 1.165) is 10.9 Å². The van der Waals surface area contributed by atoms with Gasteiger partial charge in [0.2, 0.25) is 0 Å². The zero-order valence-electron chi connectivity index (χ0n) is 12.5. The second kappa shape index (κ2) is 6.20. The number of rotatable bonds is 4. The maximum Gasteiger partial charge on any atom is 0.268 e. The molecule has 1 amide bonds. The van der Waals surface area contributed by atoms with Gasteiger partial charge >= 0.3 is 0 Å². The van der Waals surface area contributed by atoms with Crippen LogP contribution < -0.4 is 5.32 Å². The normalized spacial score (nSPS) is 12.5. The number of aromatic nitrogens is 1. The minimum Gasteiger partial charge on any atom is -0.351 e. The smallest absolute Gasteiger partial charge is 0.268 e. The maximum atomic E-state index is 12.7. The Labute approximate surface area is 132 Å². The highest BCUT2D eigenvalue weighted by atomic mass is 19.3. The first kappa shape index (κ1) is 15.2. The van der Waals surface area contributed by atoms with E-state index in [1.54, 1.807) is 12.1 Å². The number of aromatic amines is 1. The zero-order valence-corrected chi connectivity index (χ0v) is 12.5. The molecular weight excluding hydrogens is 298 g/mol. The highest BCUT2D eigenvalue weighted by molar-refractivity contribution is 5.98. The van der Waals surface area contributed by atoms with E-state index in [-0.39, 0.29) is 17.5 Å². The van der Waals surface area contributed by atoms with Gasteiger partial charge in [0.25, 0.3) is 12.3 Å². The fraction of sp³-hybridized carbons (Fsp3) is 0.167. The van der Waals surface area contributed by atoms with Crippen LogP contribution in [0.3, 0.4) is 0 Å². The Balaban J connectivity index is 1.81. The summed E-state index contributed by atoms with van der Waals surface area (Å²) in [6.07, 6.45) is -2.53. The number of carbonyl (C=O) groups is 1. The molecule has 0 saturated heterocycles. The third kappa shape index (κ3) is 3.23. The van der Waals surface area contributed by atoms with Gasteiger partial charge in [0.1, 0.15) is 5.69 Å². The molecule has 5 heteroatoms. The van der Waals surface area contributed by atoms with Gasteiger partial charge in [-0.25, -0.2) is 8.78 Å². The largest absolute Gasteiger partial charge is 0.351 e. The van der Waals surface area contributed by atoms with Crippen LogP contribution in [0.15, 0.2) is 54.6 Å². The molecule has 118 valence electrons. The van der Waals surface area contributed by atoms with Gasteiger partial charge in [0.15, 0.2) is 0 Å². The SMILES string of the molecule is CC(NC(=O)c1cc2ccc(C(F)F)cc2[nH]1)c1ccccc1. The second-order valence-corrected chi connectivity index (χ2v) is 5.44. The summed E-state index contributed by atoms with van der Waals surface area (Å²) < 4.78 is 25.5. The quantitative estimate of drug-likeness (QED) is 0.726. The molecule has 0 fully saturated rings. The molecule has 0 aliphatic heterocycles. The minimum atomic E-state index is -2.53. The van der Waals surface area contributed by atoms with Gasteiger partial charge in [-0.05, 0) is 24.6 Å². The van der Waals surface area contributed by atoms with Crippen molar-refractivity contribution in [2.45, 2.75) is 19.4 Å². The van der Waals surface area contributed by atoms with Crippen LogP contribution in [0.25, 0.3) is 10.9 Å². The molecule has 0 radical (unpaired) electrons. The van der Waals surface area contributed by atoms with E-state index < -0.39 is 6.43 Å². The minimum absolute atomic E-state index is 0.0658. The third-order valence-corrected chi connectivity index (χ3v) is 3.79. The van der Waals surface area contributed by atoms with Crippen LogP contribution in [-0.4, -0.2) is 10.9 Å². The van der Waals surface area contributed by atoms with Crippen molar-refractivity contribution in [2.24, 2.45) is 0 Å². The summed E-state index contributed by atoms with van der Waals surface area (Å²) in [6, 6.07) is 15.5. The van der Waals surface area contributed by atoms with E-state index in [0.29, 0.717) is 11.2 Å². The molecule has 1 unspecified atom stereocenters. The summed E-state index contributed by atoms with van der Waals surface area (Å²) in [5, 5.41) is 3.62. The molecule has 2 aromatic carbocycles. The molecule has 1 heterocycles. The van der Waals surface area contributed by atoms with Crippen molar-refractivity contribution < 1.29 is 13.6 Å².